The Labute approximate surface area is 126 Å². The molecule has 1 saturated heterocycles. The molecule has 0 spiro atoms. The van der Waals surface area contributed by atoms with E-state index in [1.165, 1.54) is 11.8 Å². The molecule has 2 rings (SSSR count). The SMILES string of the molecule is CCSc1cccc(N2CCCC(C(F)(F)F)C2)c1C#N. The van der Waals surface area contributed by atoms with Crippen molar-refractivity contribution in [3.8, 4) is 6.07 Å². The molecule has 1 fully saturated rings. The lowest BCUT2D eigenvalue weighted by Gasteiger charge is -2.35. The van der Waals surface area contributed by atoms with Crippen LogP contribution in [0.3, 0.4) is 0 Å². The van der Waals surface area contributed by atoms with Crippen molar-refractivity contribution in [1.29, 1.82) is 5.26 Å². The molecule has 1 aliphatic rings. The number of thioether (sulfide) groups is 1. The summed E-state index contributed by atoms with van der Waals surface area (Å²) >= 11 is 1.54. The zero-order valence-electron chi connectivity index (χ0n) is 11.8. The molecule has 0 saturated carbocycles. The van der Waals surface area contributed by atoms with Gasteiger partial charge < -0.3 is 4.90 Å². The minimum Gasteiger partial charge on any atom is -0.370 e. The lowest BCUT2D eigenvalue weighted by Crippen LogP contribution is -2.42. The van der Waals surface area contributed by atoms with Gasteiger partial charge in [-0.2, -0.15) is 18.4 Å². The summed E-state index contributed by atoms with van der Waals surface area (Å²) in [5.41, 5.74) is 1.12. The Kier molecular flexibility index (Phi) is 5.04. The van der Waals surface area contributed by atoms with Crippen LogP contribution in [0.5, 0.6) is 0 Å². The average molecular weight is 314 g/mol. The van der Waals surface area contributed by atoms with Crippen molar-refractivity contribution < 1.29 is 13.2 Å². The zero-order chi connectivity index (χ0) is 15.5. The Balaban J connectivity index is 2.29. The third kappa shape index (κ3) is 3.65. The minimum absolute atomic E-state index is 0.0571. The zero-order valence-corrected chi connectivity index (χ0v) is 12.6. The van der Waals surface area contributed by atoms with E-state index in [2.05, 4.69) is 6.07 Å². The summed E-state index contributed by atoms with van der Waals surface area (Å²) in [5.74, 6) is -0.483. The normalized spacial score (nSPS) is 19.4. The summed E-state index contributed by atoms with van der Waals surface area (Å²) < 4.78 is 38.8. The number of hydrogen-bond acceptors (Lipinski definition) is 3. The molecule has 1 aromatic rings. The fourth-order valence-corrected chi connectivity index (χ4v) is 3.41. The first-order chi connectivity index (χ1) is 9.97. The third-order valence-electron chi connectivity index (χ3n) is 3.64. The molecule has 0 amide bonds. The van der Waals surface area contributed by atoms with Crippen LogP contribution in [0.4, 0.5) is 18.9 Å². The van der Waals surface area contributed by atoms with Crippen molar-refractivity contribution in [2.24, 2.45) is 5.92 Å². The van der Waals surface area contributed by atoms with Crippen molar-refractivity contribution in [3.05, 3.63) is 23.8 Å². The van der Waals surface area contributed by atoms with Gasteiger partial charge in [0.25, 0.3) is 0 Å². The van der Waals surface area contributed by atoms with Crippen molar-refractivity contribution in [3.63, 3.8) is 0 Å². The second-order valence-corrected chi connectivity index (χ2v) is 6.33. The number of piperidine rings is 1. The van der Waals surface area contributed by atoms with Crippen molar-refractivity contribution in [1.82, 2.24) is 0 Å². The number of nitriles is 1. The maximum Gasteiger partial charge on any atom is 0.393 e. The van der Waals surface area contributed by atoms with Gasteiger partial charge in [-0.05, 0) is 30.7 Å². The molecule has 114 valence electrons. The van der Waals surface area contributed by atoms with Crippen LogP contribution in [-0.4, -0.2) is 25.0 Å². The highest BCUT2D eigenvalue weighted by Gasteiger charge is 2.42. The van der Waals surface area contributed by atoms with Gasteiger partial charge in [0.15, 0.2) is 0 Å². The number of rotatable bonds is 3. The van der Waals surface area contributed by atoms with Crippen LogP contribution >= 0.6 is 11.8 Å². The van der Waals surface area contributed by atoms with Gasteiger partial charge in [0.05, 0.1) is 17.2 Å². The summed E-state index contributed by atoms with van der Waals surface area (Å²) in [7, 11) is 0. The standard InChI is InChI=1S/C15H17F3N2S/c1-2-21-14-7-3-6-13(12(14)9-19)20-8-4-5-11(10-20)15(16,17)18/h3,6-7,11H,2,4-5,8,10H2,1H3. The average Bonchev–Trinajstić information content (AvgIpc) is 2.46. The van der Waals surface area contributed by atoms with Gasteiger partial charge in [-0.15, -0.1) is 11.8 Å². The van der Waals surface area contributed by atoms with Gasteiger partial charge in [0.1, 0.15) is 6.07 Å². The lowest BCUT2D eigenvalue weighted by molar-refractivity contribution is -0.175. The summed E-state index contributed by atoms with van der Waals surface area (Å²) in [6.45, 7) is 2.50. The molecule has 2 nitrogen and oxygen atoms in total. The van der Waals surface area contributed by atoms with Crippen LogP contribution in [0.25, 0.3) is 0 Å². The van der Waals surface area contributed by atoms with Gasteiger partial charge >= 0.3 is 6.18 Å². The molecule has 1 aromatic carbocycles. The highest BCUT2D eigenvalue weighted by atomic mass is 32.2. The summed E-state index contributed by atoms with van der Waals surface area (Å²) in [6.07, 6.45) is -3.49. The van der Waals surface area contributed by atoms with E-state index in [1.54, 1.807) is 11.0 Å². The first-order valence-electron chi connectivity index (χ1n) is 6.95. The van der Waals surface area contributed by atoms with Crippen LogP contribution in [0.1, 0.15) is 25.3 Å². The maximum absolute atomic E-state index is 12.9. The predicted molar refractivity (Wildman–Crippen MR) is 78.5 cm³/mol. The van der Waals surface area contributed by atoms with Crippen molar-refractivity contribution in [2.45, 2.75) is 30.8 Å². The Hall–Kier alpha value is -1.35. The van der Waals surface area contributed by atoms with Gasteiger partial charge in [-0.25, -0.2) is 0 Å². The van der Waals surface area contributed by atoms with Crippen LogP contribution in [0.2, 0.25) is 0 Å². The maximum atomic E-state index is 12.9. The Bertz CT molecular complexity index is 537. The van der Waals surface area contributed by atoms with Gasteiger partial charge in [-0.1, -0.05) is 13.0 Å². The number of nitrogens with zero attached hydrogens (tertiary/aromatic N) is 2. The number of halogens is 3. The second-order valence-electron chi connectivity index (χ2n) is 5.02. The summed E-state index contributed by atoms with van der Waals surface area (Å²) in [6, 6.07) is 7.56. The number of benzene rings is 1. The molecule has 6 heteroatoms. The van der Waals surface area contributed by atoms with Gasteiger partial charge in [-0.3, -0.25) is 0 Å². The van der Waals surface area contributed by atoms with Gasteiger partial charge in [0.2, 0.25) is 0 Å². The van der Waals surface area contributed by atoms with Crippen molar-refractivity contribution >= 4 is 17.4 Å². The lowest BCUT2D eigenvalue weighted by atomic mass is 9.96. The fourth-order valence-electron chi connectivity index (χ4n) is 2.63. The topological polar surface area (TPSA) is 27.0 Å². The van der Waals surface area contributed by atoms with Crippen molar-refractivity contribution in [2.75, 3.05) is 23.7 Å². The van der Waals surface area contributed by atoms with Crippen LogP contribution in [-0.2, 0) is 0 Å². The van der Waals surface area contributed by atoms with E-state index in [-0.39, 0.29) is 13.0 Å². The number of anilines is 1. The molecule has 21 heavy (non-hydrogen) atoms. The molecule has 0 N–H and O–H groups in total. The van der Waals surface area contributed by atoms with Crippen LogP contribution in [0.15, 0.2) is 23.1 Å². The molecule has 0 aromatic heterocycles. The highest BCUT2D eigenvalue weighted by Crippen LogP contribution is 2.37. The Morgan fingerprint density at radius 1 is 1.43 bits per heavy atom. The van der Waals surface area contributed by atoms with E-state index in [4.69, 9.17) is 0 Å². The molecular weight excluding hydrogens is 297 g/mol. The molecular formula is C15H17F3N2S. The second kappa shape index (κ2) is 6.61. The Morgan fingerprint density at radius 3 is 2.81 bits per heavy atom. The first kappa shape index (κ1) is 16.0. The van der Waals surface area contributed by atoms with E-state index < -0.39 is 12.1 Å². The molecule has 0 bridgehead atoms. The fraction of sp³-hybridized carbons (Fsp3) is 0.533. The number of alkyl halides is 3. The molecule has 0 radical (unpaired) electrons. The molecule has 1 aliphatic heterocycles. The highest BCUT2D eigenvalue weighted by molar-refractivity contribution is 7.99. The van der Waals surface area contributed by atoms with E-state index in [0.29, 0.717) is 24.2 Å². The van der Waals surface area contributed by atoms with E-state index in [0.717, 1.165) is 10.6 Å². The van der Waals surface area contributed by atoms with E-state index in [9.17, 15) is 18.4 Å². The summed E-state index contributed by atoms with van der Waals surface area (Å²) in [4.78, 5) is 2.55. The number of hydrogen-bond donors (Lipinski definition) is 0. The smallest absolute Gasteiger partial charge is 0.370 e. The summed E-state index contributed by atoms with van der Waals surface area (Å²) in [5, 5.41) is 9.37. The monoisotopic (exact) mass is 314 g/mol. The predicted octanol–water partition coefficient (Wildman–Crippen LogP) is 4.45. The molecule has 1 unspecified atom stereocenters. The van der Waals surface area contributed by atoms with Gasteiger partial charge in [0, 0.05) is 18.0 Å². The quantitative estimate of drug-likeness (QED) is 0.771. The third-order valence-corrected chi connectivity index (χ3v) is 4.58. The van der Waals surface area contributed by atoms with E-state index >= 15 is 0 Å². The van der Waals surface area contributed by atoms with E-state index in [1.807, 2.05) is 19.1 Å². The molecule has 1 atom stereocenters. The molecule has 0 aliphatic carbocycles. The van der Waals surface area contributed by atoms with Crippen LogP contribution < -0.4 is 4.90 Å². The minimum atomic E-state index is -4.17. The Morgan fingerprint density at radius 2 is 2.19 bits per heavy atom. The largest absolute Gasteiger partial charge is 0.393 e. The first-order valence-corrected chi connectivity index (χ1v) is 7.93. The molecule has 1 heterocycles. The van der Waals surface area contributed by atoms with Crippen LogP contribution in [0, 0.1) is 17.2 Å².